The van der Waals surface area contributed by atoms with Crippen LogP contribution in [0, 0.1) is 0 Å². The molecule has 26 heavy (non-hydrogen) atoms. The molecule has 4 rings (SSSR count). The number of amides is 1. The van der Waals surface area contributed by atoms with Crippen molar-refractivity contribution in [3.8, 4) is 11.3 Å². The van der Waals surface area contributed by atoms with E-state index in [-0.39, 0.29) is 11.9 Å². The quantitative estimate of drug-likeness (QED) is 0.715. The lowest BCUT2D eigenvalue weighted by atomic mass is 10.0. The summed E-state index contributed by atoms with van der Waals surface area (Å²) in [6.07, 6.45) is 5.12. The van der Waals surface area contributed by atoms with Crippen LogP contribution in [0.5, 0.6) is 0 Å². The fourth-order valence-electron chi connectivity index (χ4n) is 3.77. The minimum absolute atomic E-state index is 0.0948. The second-order valence-corrected chi connectivity index (χ2v) is 6.96. The highest BCUT2D eigenvalue weighted by atomic mass is 16.2. The Bertz CT molecular complexity index is 932. The highest BCUT2D eigenvalue weighted by Gasteiger charge is 2.27. The Morgan fingerprint density at radius 1 is 1.23 bits per heavy atom. The predicted octanol–water partition coefficient (Wildman–Crippen LogP) is 4.13. The smallest absolute Gasteiger partial charge is 0.254 e. The molecule has 3 heterocycles. The second kappa shape index (κ2) is 6.90. The maximum absolute atomic E-state index is 13.4. The fourth-order valence-corrected chi connectivity index (χ4v) is 3.77. The molecule has 0 unspecified atom stereocenters. The van der Waals surface area contributed by atoms with Gasteiger partial charge in [-0.2, -0.15) is 5.10 Å². The highest BCUT2D eigenvalue weighted by Crippen LogP contribution is 2.28. The summed E-state index contributed by atoms with van der Waals surface area (Å²) in [5.74, 6) is 0.0948. The molecule has 0 spiro atoms. The molecular formula is C21H24N4O. The number of hydrogen-bond donors (Lipinski definition) is 0. The molecule has 134 valence electrons. The van der Waals surface area contributed by atoms with E-state index in [4.69, 9.17) is 4.98 Å². The minimum Gasteiger partial charge on any atom is -0.336 e. The summed E-state index contributed by atoms with van der Waals surface area (Å²) in [4.78, 5) is 20.2. The molecule has 1 amide bonds. The Balaban J connectivity index is 1.87. The van der Waals surface area contributed by atoms with Crippen molar-refractivity contribution in [2.45, 2.75) is 45.7 Å². The Morgan fingerprint density at radius 3 is 2.77 bits per heavy atom. The molecule has 5 heteroatoms. The van der Waals surface area contributed by atoms with E-state index in [1.807, 2.05) is 52.9 Å². The second-order valence-electron chi connectivity index (χ2n) is 6.96. The van der Waals surface area contributed by atoms with Crippen molar-refractivity contribution in [3.05, 3.63) is 48.2 Å². The monoisotopic (exact) mass is 348 g/mol. The van der Waals surface area contributed by atoms with E-state index >= 15 is 0 Å². The molecule has 1 saturated heterocycles. The standard InChI is InChI=1S/C21H24N4O/c1-3-25-20-18(14-22-25)17(21(26)24-12-8-7-9-15(24)2)13-19(23-20)16-10-5-4-6-11-16/h4-6,10-11,13-15H,3,7-9,12H2,1-2H3/t15-/m0/s1. The van der Waals surface area contributed by atoms with E-state index in [1.165, 1.54) is 6.42 Å². The van der Waals surface area contributed by atoms with E-state index in [9.17, 15) is 4.79 Å². The van der Waals surface area contributed by atoms with Crippen molar-refractivity contribution in [1.29, 1.82) is 0 Å². The van der Waals surface area contributed by atoms with Crippen molar-refractivity contribution in [2.24, 2.45) is 0 Å². The van der Waals surface area contributed by atoms with Gasteiger partial charge in [-0.3, -0.25) is 4.79 Å². The zero-order valence-electron chi connectivity index (χ0n) is 15.4. The summed E-state index contributed by atoms with van der Waals surface area (Å²) < 4.78 is 1.86. The van der Waals surface area contributed by atoms with Gasteiger partial charge < -0.3 is 4.90 Å². The van der Waals surface area contributed by atoms with Gasteiger partial charge in [0.1, 0.15) is 0 Å². The number of piperidine rings is 1. The number of carbonyl (C=O) groups excluding carboxylic acids is 1. The van der Waals surface area contributed by atoms with Gasteiger partial charge in [0.2, 0.25) is 0 Å². The Morgan fingerprint density at radius 2 is 2.04 bits per heavy atom. The van der Waals surface area contributed by atoms with Crippen LogP contribution in [0.25, 0.3) is 22.3 Å². The van der Waals surface area contributed by atoms with Gasteiger partial charge in [-0.05, 0) is 39.2 Å². The SMILES string of the molecule is CCn1ncc2c(C(=O)N3CCCC[C@@H]3C)cc(-c3ccccc3)nc21. The zero-order valence-corrected chi connectivity index (χ0v) is 15.4. The van der Waals surface area contributed by atoms with E-state index in [1.54, 1.807) is 6.20 Å². The Kier molecular flexibility index (Phi) is 4.45. The average Bonchev–Trinajstić information content (AvgIpc) is 3.11. The first kappa shape index (κ1) is 16.8. The van der Waals surface area contributed by atoms with Crippen LogP contribution < -0.4 is 0 Å². The number of benzene rings is 1. The number of likely N-dealkylation sites (tertiary alicyclic amines) is 1. The number of pyridine rings is 1. The summed E-state index contributed by atoms with van der Waals surface area (Å²) in [5.41, 5.74) is 3.32. The van der Waals surface area contributed by atoms with Gasteiger partial charge in [-0.25, -0.2) is 9.67 Å². The van der Waals surface area contributed by atoms with Gasteiger partial charge in [0.25, 0.3) is 5.91 Å². The van der Waals surface area contributed by atoms with E-state index in [2.05, 4.69) is 12.0 Å². The lowest BCUT2D eigenvalue weighted by molar-refractivity contribution is 0.0637. The summed E-state index contributed by atoms with van der Waals surface area (Å²) >= 11 is 0. The molecule has 2 aromatic heterocycles. The van der Waals surface area contributed by atoms with Crippen molar-refractivity contribution < 1.29 is 4.79 Å². The molecule has 1 aliphatic rings. The molecule has 0 aliphatic carbocycles. The summed E-state index contributed by atoms with van der Waals surface area (Å²) in [6.45, 7) is 5.73. The zero-order chi connectivity index (χ0) is 18.1. The fraction of sp³-hybridized carbons (Fsp3) is 0.381. The number of hydrogen-bond acceptors (Lipinski definition) is 3. The highest BCUT2D eigenvalue weighted by molar-refractivity contribution is 6.06. The molecule has 5 nitrogen and oxygen atoms in total. The molecule has 0 N–H and O–H groups in total. The third-order valence-corrected chi connectivity index (χ3v) is 5.27. The molecule has 0 saturated carbocycles. The molecule has 3 aromatic rings. The summed E-state index contributed by atoms with van der Waals surface area (Å²) in [7, 11) is 0. The summed E-state index contributed by atoms with van der Waals surface area (Å²) in [5, 5.41) is 5.28. The van der Waals surface area contributed by atoms with E-state index < -0.39 is 0 Å². The van der Waals surface area contributed by atoms with Crippen LogP contribution in [0.15, 0.2) is 42.6 Å². The van der Waals surface area contributed by atoms with Crippen molar-refractivity contribution >= 4 is 16.9 Å². The largest absolute Gasteiger partial charge is 0.336 e. The number of fused-ring (bicyclic) bond motifs is 1. The normalized spacial score (nSPS) is 17.6. The van der Waals surface area contributed by atoms with Crippen LogP contribution in [-0.4, -0.2) is 38.2 Å². The van der Waals surface area contributed by atoms with Crippen molar-refractivity contribution in [3.63, 3.8) is 0 Å². The molecule has 1 aliphatic heterocycles. The van der Waals surface area contributed by atoms with Crippen LogP contribution in [0.4, 0.5) is 0 Å². The molecule has 1 aromatic carbocycles. The first-order valence-electron chi connectivity index (χ1n) is 9.42. The third-order valence-electron chi connectivity index (χ3n) is 5.27. The van der Waals surface area contributed by atoms with Gasteiger partial charge in [0.15, 0.2) is 5.65 Å². The predicted molar refractivity (Wildman–Crippen MR) is 103 cm³/mol. The van der Waals surface area contributed by atoms with Gasteiger partial charge in [-0.1, -0.05) is 30.3 Å². The average molecular weight is 348 g/mol. The first-order chi connectivity index (χ1) is 12.7. The Labute approximate surface area is 153 Å². The molecule has 0 bridgehead atoms. The minimum atomic E-state index is 0.0948. The number of aromatic nitrogens is 3. The first-order valence-corrected chi connectivity index (χ1v) is 9.42. The van der Waals surface area contributed by atoms with Gasteiger partial charge in [0.05, 0.1) is 22.8 Å². The number of nitrogens with zero attached hydrogens (tertiary/aromatic N) is 4. The van der Waals surface area contributed by atoms with Gasteiger partial charge in [0, 0.05) is 24.7 Å². The lowest BCUT2D eigenvalue weighted by Crippen LogP contribution is -2.42. The molecule has 1 fully saturated rings. The molecule has 1 atom stereocenters. The van der Waals surface area contributed by atoms with Crippen LogP contribution in [0.1, 0.15) is 43.5 Å². The molecular weight excluding hydrogens is 324 g/mol. The number of aryl methyl sites for hydroxylation is 1. The maximum Gasteiger partial charge on any atom is 0.254 e. The number of rotatable bonds is 3. The maximum atomic E-state index is 13.4. The van der Waals surface area contributed by atoms with E-state index in [0.717, 1.165) is 48.2 Å². The van der Waals surface area contributed by atoms with Gasteiger partial charge >= 0.3 is 0 Å². The van der Waals surface area contributed by atoms with Crippen LogP contribution >= 0.6 is 0 Å². The summed E-state index contributed by atoms with van der Waals surface area (Å²) in [6, 6.07) is 12.2. The van der Waals surface area contributed by atoms with Crippen LogP contribution in [-0.2, 0) is 6.54 Å². The van der Waals surface area contributed by atoms with Gasteiger partial charge in [-0.15, -0.1) is 0 Å². The number of carbonyl (C=O) groups is 1. The molecule has 0 radical (unpaired) electrons. The third kappa shape index (κ3) is 2.87. The van der Waals surface area contributed by atoms with Crippen LogP contribution in [0.3, 0.4) is 0 Å². The van der Waals surface area contributed by atoms with E-state index in [0.29, 0.717) is 5.56 Å². The van der Waals surface area contributed by atoms with Crippen LogP contribution in [0.2, 0.25) is 0 Å². The Hall–Kier alpha value is -2.69. The van der Waals surface area contributed by atoms with Crippen molar-refractivity contribution in [2.75, 3.05) is 6.54 Å². The topological polar surface area (TPSA) is 51.0 Å². The lowest BCUT2D eigenvalue weighted by Gasteiger charge is -2.33. The van der Waals surface area contributed by atoms with Crippen molar-refractivity contribution in [1.82, 2.24) is 19.7 Å².